The molecule has 0 spiro atoms. The zero-order valence-corrected chi connectivity index (χ0v) is 15.7. The second-order valence-corrected chi connectivity index (χ2v) is 7.54. The molecule has 1 saturated heterocycles. The Labute approximate surface area is 158 Å². The van der Waals surface area contributed by atoms with Gasteiger partial charge in [-0.15, -0.1) is 0 Å². The van der Waals surface area contributed by atoms with Gasteiger partial charge in [0.1, 0.15) is 5.82 Å². The van der Waals surface area contributed by atoms with Gasteiger partial charge in [0, 0.05) is 24.4 Å². The molecule has 1 fully saturated rings. The number of likely N-dealkylation sites (tertiary alicyclic amines) is 1. The molecule has 1 heterocycles. The molecule has 1 aromatic rings. The number of carboxylic acid groups (broad SMARTS) is 1. The van der Waals surface area contributed by atoms with Crippen LogP contribution in [0.1, 0.15) is 57.4 Å². The summed E-state index contributed by atoms with van der Waals surface area (Å²) in [5.41, 5.74) is 0.887. The van der Waals surface area contributed by atoms with Crippen molar-refractivity contribution >= 4 is 11.9 Å². The molecule has 6 nitrogen and oxygen atoms in total. The maximum absolute atomic E-state index is 13.2. The summed E-state index contributed by atoms with van der Waals surface area (Å²) >= 11 is 0. The maximum Gasteiger partial charge on any atom is 0.305 e. The molecule has 1 aliphatic rings. The molecule has 0 aliphatic carbocycles. The molecule has 0 bridgehead atoms. The molecule has 3 N–H and O–H groups in total. The Balaban J connectivity index is 2.07. The van der Waals surface area contributed by atoms with Crippen molar-refractivity contribution in [1.82, 2.24) is 4.90 Å². The molecular weight excluding hydrogens is 353 g/mol. The second kappa shape index (κ2) is 9.28. The molecule has 2 rings (SSSR count). The zero-order valence-electron chi connectivity index (χ0n) is 15.7. The lowest BCUT2D eigenvalue weighted by Crippen LogP contribution is -2.40. The third-order valence-corrected chi connectivity index (χ3v) is 5.11. The largest absolute Gasteiger partial charge is 0.481 e. The lowest BCUT2D eigenvalue weighted by atomic mass is 9.87. The van der Waals surface area contributed by atoms with E-state index in [0.29, 0.717) is 19.3 Å². The van der Waals surface area contributed by atoms with Gasteiger partial charge in [0.05, 0.1) is 18.6 Å². The van der Waals surface area contributed by atoms with Gasteiger partial charge in [-0.1, -0.05) is 12.1 Å². The molecule has 7 heteroatoms. The first-order valence-corrected chi connectivity index (χ1v) is 9.33. The van der Waals surface area contributed by atoms with E-state index in [1.165, 1.54) is 12.1 Å². The highest BCUT2D eigenvalue weighted by atomic mass is 19.1. The smallest absolute Gasteiger partial charge is 0.305 e. The van der Waals surface area contributed by atoms with Gasteiger partial charge < -0.3 is 20.2 Å². The Morgan fingerprint density at radius 2 is 1.85 bits per heavy atom. The van der Waals surface area contributed by atoms with E-state index in [9.17, 15) is 24.2 Å². The maximum atomic E-state index is 13.2. The van der Waals surface area contributed by atoms with Crippen molar-refractivity contribution in [2.45, 2.75) is 76.2 Å². The SMILES string of the molecule is CC(C)N1C(=O)C[C@H](c2ccc(F)cc2)[C@@H]1CC[C@@H](O)C[C@@H](O)CC(=O)O. The van der Waals surface area contributed by atoms with Gasteiger partial charge in [-0.3, -0.25) is 9.59 Å². The van der Waals surface area contributed by atoms with Crippen LogP contribution in [0.2, 0.25) is 0 Å². The van der Waals surface area contributed by atoms with E-state index < -0.39 is 24.6 Å². The molecular formula is C20H28FNO5. The average Bonchev–Trinajstić information content (AvgIpc) is 2.89. The normalized spacial score (nSPS) is 22.3. The predicted octanol–water partition coefficient (Wildman–Crippen LogP) is 2.29. The number of halogens is 1. The third-order valence-electron chi connectivity index (χ3n) is 5.11. The fraction of sp³-hybridized carbons (Fsp3) is 0.600. The lowest BCUT2D eigenvalue weighted by molar-refractivity contribution is -0.139. The third kappa shape index (κ3) is 5.74. The van der Waals surface area contributed by atoms with Crippen molar-refractivity contribution < 1.29 is 29.3 Å². The average molecular weight is 381 g/mol. The van der Waals surface area contributed by atoms with Crippen molar-refractivity contribution in [1.29, 1.82) is 0 Å². The van der Waals surface area contributed by atoms with E-state index in [2.05, 4.69) is 0 Å². The fourth-order valence-electron chi connectivity index (χ4n) is 3.95. The Bertz CT molecular complexity index is 648. The molecule has 4 atom stereocenters. The van der Waals surface area contributed by atoms with Crippen LogP contribution in [0.15, 0.2) is 24.3 Å². The number of nitrogens with zero attached hydrogens (tertiary/aromatic N) is 1. The van der Waals surface area contributed by atoms with Gasteiger partial charge in [0.25, 0.3) is 0 Å². The number of amides is 1. The molecule has 0 unspecified atom stereocenters. The van der Waals surface area contributed by atoms with E-state index in [4.69, 9.17) is 5.11 Å². The van der Waals surface area contributed by atoms with Crippen LogP contribution in [0.25, 0.3) is 0 Å². The highest BCUT2D eigenvalue weighted by molar-refractivity contribution is 5.80. The second-order valence-electron chi connectivity index (χ2n) is 7.54. The minimum atomic E-state index is -1.11. The summed E-state index contributed by atoms with van der Waals surface area (Å²) in [6.45, 7) is 3.87. The van der Waals surface area contributed by atoms with E-state index in [1.54, 1.807) is 12.1 Å². The monoisotopic (exact) mass is 381 g/mol. The number of aliphatic carboxylic acids is 1. The number of aliphatic hydroxyl groups excluding tert-OH is 2. The van der Waals surface area contributed by atoms with Crippen LogP contribution < -0.4 is 0 Å². The summed E-state index contributed by atoms with van der Waals surface area (Å²) < 4.78 is 13.2. The van der Waals surface area contributed by atoms with Gasteiger partial charge in [0.2, 0.25) is 5.91 Å². The molecule has 27 heavy (non-hydrogen) atoms. The molecule has 0 saturated carbocycles. The predicted molar refractivity (Wildman–Crippen MR) is 97.6 cm³/mol. The lowest BCUT2D eigenvalue weighted by Gasteiger charge is -2.32. The number of carboxylic acids is 1. The molecule has 150 valence electrons. The van der Waals surface area contributed by atoms with Gasteiger partial charge in [-0.25, -0.2) is 4.39 Å². The van der Waals surface area contributed by atoms with Crippen molar-refractivity contribution in [3.8, 4) is 0 Å². The highest BCUT2D eigenvalue weighted by Gasteiger charge is 2.41. The summed E-state index contributed by atoms with van der Waals surface area (Å²) in [6, 6.07) is 6.02. The number of hydrogen-bond donors (Lipinski definition) is 3. The minimum absolute atomic E-state index is 0.00249. The number of carbonyl (C=O) groups is 2. The van der Waals surface area contributed by atoms with Crippen LogP contribution in [0.5, 0.6) is 0 Å². The molecule has 1 aliphatic heterocycles. The molecule has 0 radical (unpaired) electrons. The summed E-state index contributed by atoms with van der Waals surface area (Å²) in [6.07, 6.45) is -1.17. The van der Waals surface area contributed by atoms with Gasteiger partial charge in [-0.2, -0.15) is 0 Å². The van der Waals surface area contributed by atoms with Gasteiger partial charge >= 0.3 is 5.97 Å². The van der Waals surface area contributed by atoms with Crippen LogP contribution in [0, 0.1) is 5.82 Å². The van der Waals surface area contributed by atoms with Crippen molar-refractivity contribution in [3.63, 3.8) is 0 Å². The van der Waals surface area contributed by atoms with Crippen molar-refractivity contribution in [2.75, 3.05) is 0 Å². The number of hydrogen-bond acceptors (Lipinski definition) is 4. The first-order chi connectivity index (χ1) is 12.7. The number of carbonyl (C=O) groups excluding carboxylic acids is 1. The first-order valence-electron chi connectivity index (χ1n) is 9.33. The number of aliphatic hydroxyl groups is 2. The molecule has 1 amide bonds. The van der Waals surface area contributed by atoms with Crippen LogP contribution in [0.3, 0.4) is 0 Å². The Kier molecular flexibility index (Phi) is 7.33. The summed E-state index contributed by atoms with van der Waals surface area (Å²) in [7, 11) is 0. The van der Waals surface area contributed by atoms with Crippen molar-refractivity contribution in [3.05, 3.63) is 35.6 Å². The fourth-order valence-corrected chi connectivity index (χ4v) is 3.95. The zero-order chi connectivity index (χ0) is 20.1. The number of benzene rings is 1. The van der Waals surface area contributed by atoms with E-state index in [-0.39, 0.29) is 36.1 Å². The summed E-state index contributed by atoms with van der Waals surface area (Å²) in [5, 5.41) is 28.5. The van der Waals surface area contributed by atoms with Crippen LogP contribution in [-0.2, 0) is 9.59 Å². The summed E-state index contributed by atoms with van der Waals surface area (Å²) in [5.74, 6) is -1.50. The topological polar surface area (TPSA) is 98.1 Å². The van der Waals surface area contributed by atoms with Crippen molar-refractivity contribution in [2.24, 2.45) is 0 Å². The van der Waals surface area contributed by atoms with E-state index in [1.807, 2.05) is 18.7 Å². The van der Waals surface area contributed by atoms with Gasteiger partial charge in [0.15, 0.2) is 0 Å². The first kappa shape index (κ1) is 21.3. The standard InChI is InChI=1S/C20H28FNO5/c1-12(2)22-18(8-7-15(23)9-16(24)10-20(26)27)17(11-19(22)25)13-3-5-14(21)6-4-13/h3-6,12,15-18,23-24H,7-11H2,1-2H3,(H,26,27)/t15-,16-,17-,18+/m1/s1. The van der Waals surface area contributed by atoms with Gasteiger partial charge in [-0.05, 0) is 50.8 Å². The minimum Gasteiger partial charge on any atom is -0.481 e. The van der Waals surface area contributed by atoms with E-state index in [0.717, 1.165) is 5.56 Å². The molecule has 0 aromatic heterocycles. The van der Waals surface area contributed by atoms with Crippen LogP contribution >= 0.6 is 0 Å². The Hall–Kier alpha value is -1.99. The van der Waals surface area contributed by atoms with Crippen LogP contribution in [0.4, 0.5) is 4.39 Å². The highest BCUT2D eigenvalue weighted by Crippen LogP contribution is 2.38. The molecule has 1 aromatic carbocycles. The van der Waals surface area contributed by atoms with E-state index >= 15 is 0 Å². The Morgan fingerprint density at radius 3 is 2.41 bits per heavy atom. The Morgan fingerprint density at radius 1 is 1.22 bits per heavy atom. The summed E-state index contributed by atoms with van der Waals surface area (Å²) in [4.78, 5) is 24.9. The van der Waals surface area contributed by atoms with Crippen LogP contribution in [-0.4, -0.2) is 56.4 Å². The quantitative estimate of drug-likeness (QED) is 0.610. The number of rotatable bonds is 9.